The second-order valence-corrected chi connectivity index (χ2v) is 20.3. The van der Waals surface area contributed by atoms with Crippen molar-refractivity contribution in [1.29, 1.82) is 0 Å². The molecule has 3 aromatic carbocycles. The molecule has 5 aromatic heterocycles. The first kappa shape index (κ1) is 38.0. The van der Waals surface area contributed by atoms with Gasteiger partial charge in [0.25, 0.3) is 0 Å². The van der Waals surface area contributed by atoms with E-state index < -0.39 is 8.07 Å². The predicted molar refractivity (Wildman–Crippen MR) is 217 cm³/mol. The van der Waals surface area contributed by atoms with Crippen molar-refractivity contribution in [2.24, 2.45) is 5.92 Å². The van der Waals surface area contributed by atoms with Crippen LogP contribution in [0.15, 0.2) is 95.7 Å². The Kier molecular flexibility index (Phi) is 11.0. The molecule has 5 heterocycles. The molecule has 0 fully saturated rings. The van der Waals surface area contributed by atoms with E-state index in [-0.39, 0.29) is 20.1 Å². The van der Waals surface area contributed by atoms with Gasteiger partial charge in [0.05, 0.1) is 30.5 Å². The maximum atomic E-state index is 6.25. The van der Waals surface area contributed by atoms with Gasteiger partial charge in [-0.05, 0) is 110 Å². The summed E-state index contributed by atoms with van der Waals surface area (Å²) in [5.74, 6) is 1.43. The van der Waals surface area contributed by atoms with Gasteiger partial charge in [0, 0.05) is 43.1 Å². The fourth-order valence-corrected chi connectivity index (χ4v) is 8.78. The minimum Gasteiger partial charge on any atom is -0.486 e. The molecule has 6 nitrogen and oxygen atoms in total. The number of aryl methyl sites for hydroxylation is 4. The first-order valence-corrected chi connectivity index (χ1v) is 21.5. The smallest absolute Gasteiger partial charge is 0.216 e. The van der Waals surface area contributed by atoms with Crippen LogP contribution in [0.3, 0.4) is 0 Å². The summed E-state index contributed by atoms with van der Waals surface area (Å²) < 4.78 is 8.46. The zero-order valence-electron chi connectivity index (χ0n) is 31.9. The topological polar surface area (TPSA) is 69.6 Å². The molecule has 0 atom stereocenters. The van der Waals surface area contributed by atoms with Gasteiger partial charge in [-0.25, -0.2) is 4.98 Å². The van der Waals surface area contributed by atoms with Crippen LogP contribution in [-0.2, 0) is 26.5 Å². The van der Waals surface area contributed by atoms with Gasteiger partial charge in [-0.2, -0.15) is 0 Å². The molecule has 0 spiro atoms. The molecule has 0 N–H and O–H groups in total. The second kappa shape index (κ2) is 15.3. The summed E-state index contributed by atoms with van der Waals surface area (Å²) >= 11 is 0. The number of fused-ring (bicyclic) bond motifs is 4. The normalized spacial score (nSPS) is 11.6. The first-order valence-electron chi connectivity index (χ1n) is 18.0. The Morgan fingerprint density at radius 3 is 2.26 bits per heavy atom. The van der Waals surface area contributed by atoms with Crippen molar-refractivity contribution in [1.82, 2.24) is 24.5 Å². The van der Waals surface area contributed by atoms with Crippen molar-refractivity contribution >= 4 is 46.4 Å². The summed E-state index contributed by atoms with van der Waals surface area (Å²) in [7, 11) is -1.34. The van der Waals surface area contributed by atoms with Gasteiger partial charge in [0.15, 0.2) is 0 Å². The van der Waals surface area contributed by atoms with Gasteiger partial charge < -0.3 is 19.0 Å². The summed E-state index contributed by atoms with van der Waals surface area (Å²) in [5.41, 5.74) is 13.2. The minimum absolute atomic E-state index is 0. The Morgan fingerprint density at radius 1 is 0.830 bits per heavy atom. The Balaban J connectivity index is 0.000000199. The van der Waals surface area contributed by atoms with E-state index in [4.69, 9.17) is 9.40 Å². The number of benzene rings is 3. The van der Waals surface area contributed by atoms with Crippen LogP contribution in [0.2, 0.25) is 19.6 Å². The SMILES string of the molecule is CC(C)Cc1cc(-c2[c-]cccc2)ncc1[Si](C)(C)C.Cc1cc(C)c(-n2c(-c3[c-]ncc4c3oc3nc(C)ccc34)nc3ccccc32)c(C)c1.[Ir]. The van der Waals surface area contributed by atoms with Gasteiger partial charge in [0.1, 0.15) is 0 Å². The maximum absolute atomic E-state index is 6.25. The van der Waals surface area contributed by atoms with Gasteiger partial charge in [0.2, 0.25) is 5.71 Å². The van der Waals surface area contributed by atoms with Crippen molar-refractivity contribution in [2.75, 3.05) is 0 Å². The molecular formula is C45H45IrN5OSi-2. The maximum Gasteiger partial charge on any atom is 0.216 e. The van der Waals surface area contributed by atoms with Gasteiger partial charge in [-0.1, -0.05) is 74.9 Å². The summed E-state index contributed by atoms with van der Waals surface area (Å²) in [6.07, 6.45) is 8.20. The van der Waals surface area contributed by atoms with E-state index in [0.29, 0.717) is 17.2 Å². The van der Waals surface area contributed by atoms with Crippen molar-refractivity contribution in [2.45, 2.75) is 67.6 Å². The zero-order chi connectivity index (χ0) is 36.7. The van der Waals surface area contributed by atoms with Gasteiger partial charge in [-0.15, -0.1) is 35.9 Å². The zero-order valence-corrected chi connectivity index (χ0v) is 35.3. The summed E-state index contributed by atoms with van der Waals surface area (Å²) in [4.78, 5) is 18.7. The van der Waals surface area contributed by atoms with E-state index in [1.54, 1.807) is 6.20 Å². The number of furan rings is 1. The second-order valence-electron chi connectivity index (χ2n) is 15.3. The van der Waals surface area contributed by atoms with E-state index in [1.807, 2.05) is 55.5 Å². The molecule has 8 heteroatoms. The molecule has 0 aliphatic rings. The van der Waals surface area contributed by atoms with E-state index in [0.717, 1.165) is 62.3 Å². The molecular weight excluding hydrogens is 847 g/mol. The molecule has 0 saturated heterocycles. The van der Waals surface area contributed by atoms with Crippen LogP contribution >= 0.6 is 0 Å². The first-order chi connectivity index (χ1) is 24.9. The summed E-state index contributed by atoms with van der Waals surface area (Å²) in [6, 6.07) is 30.2. The van der Waals surface area contributed by atoms with E-state index in [2.05, 4.69) is 123 Å². The third-order valence-corrected chi connectivity index (χ3v) is 11.5. The standard InChI is InChI=1S/C27H21N4O.C18H24NSi.Ir/c1-15-11-16(2)24(17(3)12-15)31-23-8-6-5-7-22(23)30-26(31)21-14-28-13-20-19-10-9-18(4)29-27(19)32-25(20)21;1-14(2)11-16-12-17(15-9-7-6-8-10-15)19-13-18(16)20(3,4)5;/h5-13H,1-4H3;6-9,12-14H,11H2,1-5H3;/q2*-1;. The minimum atomic E-state index is -1.34. The van der Waals surface area contributed by atoms with E-state index in [1.165, 1.54) is 27.4 Å². The van der Waals surface area contributed by atoms with Crippen LogP contribution in [-0.4, -0.2) is 32.6 Å². The van der Waals surface area contributed by atoms with Crippen LogP contribution in [0, 0.1) is 45.9 Å². The molecule has 0 bridgehead atoms. The Morgan fingerprint density at radius 2 is 1.57 bits per heavy atom. The van der Waals surface area contributed by atoms with E-state index >= 15 is 0 Å². The molecule has 8 rings (SSSR count). The largest absolute Gasteiger partial charge is 0.486 e. The third-order valence-electron chi connectivity index (χ3n) is 9.38. The average Bonchev–Trinajstić information content (AvgIpc) is 3.66. The number of imidazole rings is 1. The molecule has 0 amide bonds. The molecule has 0 aliphatic carbocycles. The number of rotatable bonds is 6. The van der Waals surface area contributed by atoms with Crippen LogP contribution in [0.1, 0.15) is 41.8 Å². The summed E-state index contributed by atoms with van der Waals surface area (Å²) in [6.45, 7) is 20.1. The number of pyridine rings is 3. The molecule has 53 heavy (non-hydrogen) atoms. The molecule has 0 unspecified atom stereocenters. The van der Waals surface area contributed by atoms with Crippen LogP contribution in [0.4, 0.5) is 0 Å². The van der Waals surface area contributed by atoms with Crippen molar-refractivity contribution < 1.29 is 24.5 Å². The molecule has 271 valence electrons. The number of para-hydroxylation sites is 2. The van der Waals surface area contributed by atoms with Crippen LogP contribution < -0.4 is 5.19 Å². The van der Waals surface area contributed by atoms with Gasteiger partial charge >= 0.3 is 0 Å². The number of nitrogens with zero attached hydrogens (tertiary/aromatic N) is 5. The molecule has 8 aromatic rings. The predicted octanol–water partition coefficient (Wildman–Crippen LogP) is 10.7. The summed E-state index contributed by atoms with van der Waals surface area (Å²) in [5, 5.41) is 3.35. The van der Waals surface area contributed by atoms with Crippen LogP contribution in [0.25, 0.3) is 61.4 Å². The Hall–Kier alpha value is -4.75. The number of hydrogen-bond donors (Lipinski definition) is 0. The van der Waals surface area contributed by atoms with Crippen molar-refractivity contribution in [3.05, 3.63) is 131 Å². The van der Waals surface area contributed by atoms with Crippen molar-refractivity contribution in [3.8, 4) is 28.3 Å². The van der Waals surface area contributed by atoms with Gasteiger partial charge in [-0.3, -0.25) is 4.98 Å². The van der Waals surface area contributed by atoms with Crippen LogP contribution in [0.5, 0.6) is 0 Å². The fourth-order valence-electron chi connectivity index (χ4n) is 7.19. The average molecular weight is 892 g/mol. The molecule has 0 saturated carbocycles. The number of aromatic nitrogens is 5. The Labute approximate surface area is 327 Å². The number of hydrogen-bond acceptors (Lipinski definition) is 5. The fraction of sp³-hybridized carbons (Fsp3) is 0.244. The van der Waals surface area contributed by atoms with Crippen molar-refractivity contribution in [3.63, 3.8) is 0 Å². The molecule has 0 aliphatic heterocycles. The molecule has 1 radical (unpaired) electrons. The Bertz CT molecular complexity index is 2540. The third kappa shape index (κ3) is 7.68. The monoisotopic (exact) mass is 892 g/mol. The quantitative estimate of drug-likeness (QED) is 0.123. The van der Waals surface area contributed by atoms with E-state index in [9.17, 15) is 0 Å².